The van der Waals surface area contributed by atoms with Gasteiger partial charge in [0.05, 0.1) is 18.6 Å². The number of rotatable bonds is 4. The Morgan fingerprint density at radius 3 is 2.28 bits per heavy atom. The topological polar surface area (TPSA) is 149 Å². The van der Waals surface area contributed by atoms with E-state index >= 15 is 0 Å². The first kappa shape index (κ1) is 23.1. The van der Waals surface area contributed by atoms with Crippen molar-refractivity contribution in [1.82, 2.24) is 0 Å². The van der Waals surface area contributed by atoms with Crippen molar-refractivity contribution in [3.05, 3.63) is 58.9 Å². The van der Waals surface area contributed by atoms with Gasteiger partial charge < -0.3 is 14.3 Å². The maximum atomic E-state index is 9.56. The lowest BCUT2D eigenvalue weighted by Gasteiger charge is -2.17. The third-order valence-electron chi connectivity index (χ3n) is 3.69. The first-order valence-corrected chi connectivity index (χ1v) is 9.92. The molecule has 1 atom stereocenters. The molecule has 0 amide bonds. The van der Waals surface area contributed by atoms with E-state index in [1.54, 1.807) is 20.1 Å². The lowest BCUT2D eigenvalue weighted by molar-refractivity contribution is -2.00. The van der Waals surface area contributed by atoms with Crippen molar-refractivity contribution >= 4 is 22.6 Å². The highest BCUT2D eigenvalue weighted by Gasteiger charge is 2.10. The Labute approximate surface area is 173 Å². The van der Waals surface area contributed by atoms with Crippen LogP contribution in [0.3, 0.4) is 0 Å². The maximum absolute atomic E-state index is 9.56. The molecule has 0 saturated heterocycles. The third kappa shape index (κ3) is 7.64. The predicted molar refractivity (Wildman–Crippen MR) is 93.9 cm³/mol. The SMILES string of the molecule is COc1ccc(-c2cc(=[NH+]CC(C)O)c3cc(Cl)ccc3o2)cc1.[O-][Cl+3]([O-])([O-])[O-]. The number of aliphatic hydroxyl groups excluding tert-OH is 1. The van der Waals surface area contributed by atoms with Gasteiger partial charge in [0.2, 0.25) is 5.36 Å². The van der Waals surface area contributed by atoms with E-state index in [0.717, 1.165) is 33.4 Å². The Bertz CT molecular complexity index is 1010. The number of hydrogen-bond donors (Lipinski definition) is 2. The number of nitrogens with one attached hydrogen (secondary N) is 1. The lowest BCUT2D eigenvalue weighted by Crippen LogP contribution is -2.78. The molecular formula is C19H19Cl2NO7. The molecule has 0 spiro atoms. The molecule has 29 heavy (non-hydrogen) atoms. The zero-order valence-corrected chi connectivity index (χ0v) is 17.1. The summed E-state index contributed by atoms with van der Waals surface area (Å²) in [4.78, 5) is 3.25. The number of aliphatic hydroxyl groups is 1. The van der Waals surface area contributed by atoms with Crippen LogP contribution in [0.25, 0.3) is 22.3 Å². The van der Waals surface area contributed by atoms with Gasteiger partial charge in [-0.1, -0.05) is 11.6 Å². The standard InChI is InChI=1S/C19H18ClNO3.ClHO4/c1-12(22)11-21-17-10-19(13-3-6-15(23-2)7-4-13)24-18-8-5-14(20)9-16(17)18;2-1(3,4)5/h3-10,12,22H,11H2,1-2H3;(H,2,3,4,5). The molecule has 8 nitrogen and oxygen atoms in total. The summed E-state index contributed by atoms with van der Waals surface area (Å²) in [6.45, 7) is 2.17. The molecule has 1 heterocycles. The van der Waals surface area contributed by atoms with Crippen LogP contribution in [0.4, 0.5) is 0 Å². The molecule has 3 rings (SSSR count). The van der Waals surface area contributed by atoms with Gasteiger partial charge in [0.1, 0.15) is 23.2 Å². The molecule has 0 saturated carbocycles. The van der Waals surface area contributed by atoms with Crippen LogP contribution >= 0.6 is 11.6 Å². The minimum Gasteiger partial charge on any atom is -0.497 e. The van der Waals surface area contributed by atoms with Gasteiger partial charge in [-0.05, 0) is 49.4 Å². The molecule has 2 aromatic carbocycles. The number of benzene rings is 2. The second kappa shape index (κ2) is 10.0. The number of methoxy groups -OCH3 is 1. The number of hydrogen-bond acceptors (Lipinski definition) is 7. The molecule has 0 fully saturated rings. The van der Waals surface area contributed by atoms with Gasteiger partial charge >= 0.3 is 0 Å². The average molecular weight is 444 g/mol. The van der Waals surface area contributed by atoms with E-state index in [1.165, 1.54) is 0 Å². The molecule has 0 aliphatic rings. The van der Waals surface area contributed by atoms with E-state index in [1.807, 2.05) is 42.5 Å². The van der Waals surface area contributed by atoms with Crippen LogP contribution in [0.1, 0.15) is 6.92 Å². The van der Waals surface area contributed by atoms with Gasteiger partial charge in [0.15, 0.2) is 6.54 Å². The average Bonchev–Trinajstić information content (AvgIpc) is 2.64. The summed E-state index contributed by atoms with van der Waals surface area (Å²) in [5.74, 6) is 1.51. The van der Waals surface area contributed by atoms with Crippen LogP contribution in [-0.4, -0.2) is 24.9 Å². The molecule has 1 aromatic heterocycles. The van der Waals surface area contributed by atoms with Crippen molar-refractivity contribution in [2.75, 3.05) is 13.7 Å². The normalized spacial score (nSPS) is 13.0. The van der Waals surface area contributed by atoms with Gasteiger partial charge in [-0.3, -0.25) is 0 Å². The summed E-state index contributed by atoms with van der Waals surface area (Å²) < 4.78 is 45.2. The summed E-state index contributed by atoms with van der Waals surface area (Å²) >= 11 is 6.11. The van der Waals surface area contributed by atoms with Crippen LogP contribution < -0.4 is 33.7 Å². The van der Waals surface area contributed by atoms with Gasteiger partial charge in [-0.25, -0.2) is 23.6 Å². The first-order chi connectivity index (χ1) is 13.6. The molecule has 10 heteroatoms. The highest BCUT2D eigenvalue weighted by atomic mass is 35.7. The maximum Gasteiger partial charge on any atom is 0.213 e. The predicted octanol–water partition coefficient (Wildman–Crippen LogP) is -2.63. The van der Waals surface area contributed by atoms with E-state index in [2.05, 4.69) is 4.99 Å². The van der Waals surface area contributed by atoms with Crippen molar-refractivity contribution in [2.45, 2.75) is 13.0 Å². The molecular weight excluding hydrogens is 425 g/mol. The van der Waals surface area contributed by atoms with E-state index in [0.29, 0.717) is 11.6 Å². The van der Waals surface area contributed by atoms with Crippen molar-refractivity contribution in [2.24, 2.45) is 0 Å². The largest absolute Gasteiger partial charge is 0.497 e. The van der Waals surface area contributed by atoms with Crippen LogP contribution in [-0.2, 0) is 0 Å². The molecule has 0 bridgehead atoms. The Morgan fingerprint density at radius 1 is 1.10 bits per heavy atom. The minimum atomic E-state index is -4.94. The van der Waals surface area contributed by atoms with Gasteiger partial charge in [-0.2, -0.15) is 0 Å². The second-order valence-corrected chi connectivity index (χ2v) is 7.19. The van der Waals surface area contributed by atoms with Gasteiger partial charge in [-0.15, -0.1) is 10.2 Å². The Hall–Kier alpha value is -2.17. The van der Waals surface area contributed by atoms with Crippen LogP contribution in [0.15, 0.2) is 52.9 Å². The fraction of sp³-hybridized carbons (Fsp3) is 0.211. The van der Waals surface area contributed by atoms with Crippen LogP contribution in [0.5, 0.6) is 5.75 Å². The summed E-state index contributed by atoms with van der Waals surface area (Å²) in [5, 5.41) is 11.9. The zero-order valence-electron chi connectivity index (χ0n) is 15.6. The Kier molecular flexibility index (Phi) is 8.00. The molecule has 0 aliphatic carbocycles. The Morgan fingerprint density at radius 2 is 1.72 bits per heavy atom. The molecule has 156 valence electrons. The molecule has 3 aromatic rings. The molecule has 0 aliphatic heterocycles. The van der Waals surface area contributed by atoms with Crippen LogP contribution in [0.2, 0.25) is 5.02 Å². The number of fused-ring (bicyclic) bond motifs is 1. The van der Waals surface area contributed by atoms with E-state index in [9.17, 15) is 5.11 Å². The summed E-state index contributed by atoms with van der Waals surface area (Å²) in [5.41, 5.74) is 1.66. The monoisotopic (exact) mass is 443 g/mol. The van der Waals surface area contributed by atoms with E-state index < -0.39 is 16.3 Å². The fourth-order valence-corrected chi connectivity index (χ4v) is 2.63. The summed E-state index contributed by atoms with van der Waals surface area (Å²) in [7, 11) is -3.31. The van der Waals surface area contributed by atoms with Gasteiger partial charge in [0, 0.05) is 10.6 Å². The van der Waals surface area contributed by atoms with E-state index in [4.69, 9.17) is 39.4 Å². The van der Waals surface area contributed by atoms with Crippen molar-refractivity contribution < 1.29 is 48.1 Å². The quantitative estimate of drug-likeness (QED) is 0.447. The Balaban J connectivity index is 0.000000537. The second-order valence-electron chi connectivity index (χ2n) is 6.00. The van der Waals surface area contributed by atoms with Gasteiger partial charge in [0.25, 0.3) is 0 Å². The smallest absolute Gasteiger partial charge is 0.213 e. The number of halogens is 2. The highest BCUT2D eigenvalue weighted by Crippen LogP contribution is 2.25. The molecule has 1 unspecified atom stereocenters. The van der Waals surface area contributed by atoms with E-state index in [-0.39, 0.29) is 0 Å². The summed E-state index contributed by atoms with van der Waals surface area (Å²) in [6, 6.07) is 15.1. The highest BCUT2D eigenvalue weighted by molar-refractivity contribution is 6.31. The minimum absolute atomic E-state index is 0.438. The zero-order chi connectivity index (χ0) is 21.6. The summed E-state index contributed by atoms with van der Waals surface area (Å²) in [6.07, 6.45) is -0.458. The number of ether oxygens (including phenoxy) is 1. The van der Waals surface area contributed by atoms with Crippen molar-refractivity contribution in [3.63, 3.8) is 0 Å². The van der Waals surface area contributed by atoms with Crippen molar-refractivity contribution in [3.8, 4) is 17.1 Å². The third-order valence-corrected chi connectivity index (χ3v) is 3.92. The lowest BCUT2D eigenvalue weighted by atomic mass is 10.1. The fourth-order valence-electron chi connectivity index (χ4n) is 2.46. The van der Waals surface area contributed by atoms with Crippen molar-refractivity contribution in [1.29, 1.82) is 0 Å². The first-order valence-electron chi connectivity index (χ1n) is 8.31. The molecule has 2 N–H and O–H groups in total. The molecule has 0 radical (unpaired) electrons. The van der Waals surface area contributed by atoms with Crippen LogP contribution in [0, 0.1) is 10.2 Å².